The molecule has 0 radical (unpaired) electrons. The number of nitrogens with two attached hydrogens (primary N) is 1. The van der Waals surface area contributed by atoms with Gasteiger partial charge in [-0.05, 0) is 6.07 Å². The van der Waals surface area contributed by atoms with Gasteiger partial charge < -0.3 is 10.3 Å². The average molecular weight is 229 g/mol. The Bertz CT molecular complexity index is 527. The lowest BCUT2D eigenvalue weighted by molar-refractivity contribution is 0.380. The molecule has 16 heavy (non-hydrogen) atoms. The summed E-state index contributed by atoms with van der Waals surface area (Å²) in [6.45, 7) is -0.0353. The summed E-state index contributed by atoms with van der Waals surface area (Å²) in [5.74, 6) is -3.65. The maximum Gasteiger partial charge on any atom is 0.240 e. The molecule has 0 spiro atoms. The summed E-state index contributed by atoms with van der Waals surface area (Å²) in [5, 5.41) is 3.36. The highest BCUT2D eigenvalue weighted by Gasteiger charge is 2.17. The van der Waals surface area contributed by atoms with Crippen molar-refractivity contribution in [2.24, 2.45) is 5.73 Å². The normalized spacial score (nSPS) is 10.8. The molecule has 4 nitrogen and oxygen atoms in total. The summed E-state index contributed by atoms with van der Waals surface area (Å²) in [4.78, 5) is 3.67. The SMILES string of the molecule is NCc1nc(-c2cc(F)cc(F)c2F)no1. The van der Waals surface area contributed by atoms with E-state index in [4.69, 9.17) is 5.73 Å². The highest BCUT2D eigenvalue weighted by Crippen LogP contribution is 2.23. The van der Waals surface area contributed by atoms with Crippen molar-refractivity contribution in [3.05, 3.63) is 35.5 Å². The topological polar surface area (TPSA) is 64.9 Å². The lowest BCUT2D eigenvalue weighted by atomic mass is 10.2. The lowest BCUT2D eigenvalue weighted by Gasteiger charge is -1.98. The number of halogens is 3. The van der Waals surface area contributed by atoms with Gasteiger partial charge in [0.2, 0.25) is 11.7 Å². The molecule has 84 valence electrons. The highest BCUT2D eigenvalue weighted by molar-refractivity contribution is 5.55. The number of nitrogens with zero attached hydrogens (tertiary/aromatic N) is 2. The molecule has 2 rings (SSSR count). The summed E-state index contributed by atoms with van der Waals surface area (Å²) in [7, 11) is 0. The maximum atomic E-state index is 13.3. The van der Waals surface area contributed by atoms with Gasteiger partial charge in [-0.15, -0.1) is 0 Å². The lowest BCUT2D eigenvalue weighted by Crippen LogP contribution is -1.97. The van der Waals surface area contributed by atoms with E-state index < -0.39 is 23.0 Å². The predicted molar refractivity (Wildman–Crippen MR) is 47.5 cm³/mol. The van der Waals surface area contributed by atoms with Crippen LogP contribution in [0.5, 0.6) is 0 Å². The predicted octanol–water partition coefficient (Wildman–Crippen LogP) is 1.61. The largest absolute Gasteiger partial charge is 0.338 e. The van der Waals surface area contributed by atoms with Gasteiger partial charge in [0.05, 0.1) is 12.1 Å². The van der Waals surface area contributed by atoms with Gasteiger partial charge in [0.15, 0.2) is 11.6 Å². The standard InChI is InChI=1S/C9H6F3N3O/c10-4-1-5(8(12)6(11)2-4)9-14-7(3-13)16-15-9/h1-2H,3,13H2. The van der Waals surface area contributed by atoms with Crippen LogP contribution in [0, 0.1) is 17.5 Å². The Morgan fingerprint density at radius 1 is 1.25 bits per heavy atom. The number of hydrogen-bond acceptors (Lipinski definition) is 4. The van der Waals surface area contributed by atoms with E-state index in [9.17, 15) is 13.2 Å². The fraction of sp³-hybridized carbons (Fsp3) is 0.111. The molecule has 0 unspecified atom stereocenters. The minimum Gasteiger partial charge on any atom is -0.338 e. The molecule has 0 saturated heterocycles. The van der Waals surface area contributed by atoms with Crippen LogP contribution in [0.1, 0.15) is 5.89 Å². The monoisotopic (exact) mass is 229 g/mol. The molecular formula is C9H6F3N3O. The summed E-state index contributed by atoms with van der Waals surface area (Å²) in [6.07, 6.45) is 0. The van der Waals surface area contributed by atoms with Crippen LogP contribution in [0.25, 0.3) is 11.4 Å². The second-order valence-electron chi connectivity index (χ2n) is 2.97. The van der Waals surface area contributed by atoms with Crippen molar-refractivity contribution in [3.8, 4) is 11.4 Å². The van der Waals surface area contributed by atoms with E-state index >= 15 is 0 Å². The number of aromatic nitrogens is 2. The Hall–Kier alpha value is -1.89. The van der Waals surface area contributed by atoms with E-state index in [2.05, 4.69) is 14.7 Å². The first-order chi connectivity index (χ1) is 7.61. The third-order valence-electron chi connectivity index (χ3n) is 1.88. The van der Waals surface area contributed by atoms with Crippen molar-refractivity contribution < 1.29 is 17.7 Å². The minimum absolute atomic E-state index is 0.0353. The smallest absolute Gasteiger partial charge is 0.240 e. The Kier molecular flexibility index (Phi) is 2.61. The van der Waals surface area contributed by atoms with Crippen molar-refractivity contribution in [3.63, 3.8) is 0 Å². The summed E-state index contributed by atoms with van der Waals surface area (Å²) < 4.78 is 43.6. The molecule has 0 saturated carbocycles. The number of hydrogen-bond donors (Lipinski definition) is 1. The summed E-state index contributed by atoms with van der Waals surface area (Å²) in [6, 6.07) is 1.21. The molecule has 2 N–H and O–H groups in total. The Morgan fingerprint density at radius 3 is 2.62 bits per heavy atom. The second-order valence-corrected chi connectivity index (χ2v) is 2.97. The molecule has 0 aliphatic rings. The first-order valence-electron chi connectivity index (χ1n) is 4.29. The Balaban J connectivity index is 2.54. The van der Waals surface area contributed by atoms with Crippen LogP contribution in [-0.2, 0) is 6.54 Å². The molecule has 0 atom stereocenters. The minimum atomic E-state index is -1.31. The van der Waals surface area contributed by atoms with Crippen LogP contribution in [0.3, 0.4) is 0 Å². The molecule has 0 amide bonds. The van der Waals surface area contributed by atoms with Gasteiger partial charge in [-0.3, -0.25) is 0 Å². The highest BCUT2D eigenvalue weighted by atomic mass is 19.2. The molecule has 7 heteroatoms. The van der Waals surface area contributed by atoms with Gasteiger partial charge in [0.25, 0.3) is 0 Å². The molecule has 0 aliphatic carbocycles. The molecule has 1 aromatic carbocycles. The van der Waals surface area contributed by atoms with E-state index in [0.717, 1.165) is 6.07 Å². The van der Waals surface area contributed by atoms with Crippen LogP contribution < -0.4 is 5.73 Å². The summed E-state index contributed by atoms with van der Waals surface area (Å²) in [5.41, 5.74) is 4.80. The van der Waals surface area contributed by atoms with Gasteiger partial charge in [-0.1, -0.05) is 5.16 Å². The van der Waals surface area contributed by atoms with Crippen molar-refractivity contribution in [2.45, 2.75) is 6.54 Å². The first-order valence-corrected chi connectivity index (χ1v) is 4.29. The van der Waals surface area contributed by atoms with Crippen LogP contribution in [0.15, 0.2) is 16.7 Å². The first kappa shape index (κ1) is 10.6. The third-order valence-corrected chi connectivity index (χ3v) is 1.88. The molecule has 1 aromatic heterocycles. The molecule has 0 fully saturated rings. The van der Waals surface area contributed by atoms with Crippen LogP contribution in [0.2, 0.25) is 0 Å². The van der Waals surface area contributed by atoms with E-state index in [0.29, 0.717) is 6.07 Å². The van der Waals surface area contributed by atoms with E-state index in [1.54, 1.807) is 0 Å². The van der Waals surface area contributed by atoms with Gasteiger partial charge in [-0.25, -0.2) is 13.2 Å². The maximum absolute atomic E-state index is 13.3. The molecule has 0 aliphatic heterocycles. The zero-order valence-corrected chi connectivity index (χ0v) is 7.88. The fourth-order valence-corrected chi connectivity index (χ4v) is 1.17. The van der Waals surface area contributed by atoms with E-state index in [-0.39, 0.29) is 18.3 Å². The van der Waals surface area contributed by atoms with Crippen molar-refractivity contribution in [1.29, 1.82) is 0 Å². The average Bonchev–Trinajstić information content (AvgIpc) is 2.71. The quantitative estimate of drug-likeness (QED) is 0.794. The molecule has 2 aromatic rings. The van der Waals surface area contributed by atoms with Gasteiger partial charge in [0, 0.05) is 6.07 Å². The van der Waals surface area contributed by atoms with Gasteiger partial charge >= 0.3 is 0 Å². The van der Waals surface area contributed by atoms with Gasteiger partial charge in [0.1, 0.15) is 5.82 Å². The van der Waals surface area contributed by atoms with Crippen LogP contribution in [0.4, 0.5) is 13.2 Å². The van der Waals surface area contributed by atoms with Crippen molar-refractivity contribution >= 4 is 0 Å². The van der Waals surface area contributed by atoms with E-state index in [1.807, 2.05) is 0 Å². The molecular weight excluding hydrogens is 223 g/mol. The van der Waals surface area contributed by atoms with Gasteiger partial charge in [-0.2, -0.15) is 4.98 Å². The van der Waals surface area contributed by atoms with Crippen molar-refractivity contribution in [1.82, 2.24) is 10.1 Å². The fourth-order valence-electron chi connectivity index (χ4n) is 1.17. The molecule has 0 bridgehead atoms. The number of benzene rings is 1. The third kappa shape index (κ3) is 1.76. The molecule has 1 heterocycles. The second kappa shape index (κ2) is 3.93. The summed E-state index contributed by atoms with van der Waals surface area (Å²) >= 11 is 0. The zero-order chi connectivity index (χ0) is 11.7. The van der Waals surface area contributed by atoms with Crippen molar-refractivity contribution in [2.75, 3.05) is 0 Å². The zero-order valence-electron chi connectivity index (χ0n) is 7.88. The Labute approximate surface area is 87.9 Å². The number of rotatable bonds is 2. The Morgan fingerprint density at radius 2 is 2.00 bits per heavy atom. The van der Waals surface area contributed by atoms with Crippen LogP contribution >= 0.6 is 0 Å². The van der Waals surface area contributed by atoms with E-state index in [1.165, 1.54) is 0 Å². The van der Waals surface area contributed by atoms with Crippen LogP contribution in [-0.4, -0.2) is 10.1 Å².